The average molecular weight is 411 g/mol. The van der Waals surface area contributed by atoms with Crippen molar-refractivity contribution < 1.29 is 14.8 Å². The maximum absolute atomic E-state index is 10.8. The Morgan fingerprint density at radius 2 is 2.14 bits per heavy atom. The normalized spacial score (nSPS) is 10.8. The highest BCUT2D eigenvalue weighted by atomic mass is 127. The van der Waals surface area contributed by atoms with E-state index in [-0.39, 0.29) is 11.4 Å². The Bertz CT molecular complexity index is 891. The molecule has 3 aromatic rings. The Hall–Kier alpha value is -2.36. The lowest BCUT2D eigenvalue weighted by Crippen LogP contribution is -1.89. The number of imidazole rings is 1. The minimum absolute atomic E-state index is 0.000525. The molecule has 3 rings (SSSR count). The zero-order valence-electron chi connectivity index (χ0n) is 11.3. The van der Waals surface area contributed by atoms with Gasteiger partial charge in [-0.05, 0) is 40.8 Å². The summed E-state index contributed by atoms with van der Waals surface area (Å²) in [7, 11) is 1.47. The van der Waals surface area contributed by atoms with Crippen LogP contribution in [-0.4, -0.2) is 27.1 Å². The molecule has 1 heterocycles. The molecule has 0 radical (unpaired) electrons. The van der Waals surface area contributed by atoms with Crippen molar-refractivity contribution in [2.75, 3.05) is 7.11 Å². The first kappa shape index (κ1) is 14.6. The summed E-state index contributed by atoms with van der Waals surface area (Å²) in [5.74, 6) is 0.957. The molecule has 0 saturated carbocycles. The second kappa shape index (κ2) is 5.44. The third-order valence-corrected chi connectivity index (χ3v) is 4.02. The van der Waals surface area contributed by atoms with Crippen molar-refractivity contribution in [1.82, 2.24) is 9.97 Å². The van der Waals surface area contributed by atoms with Gasteiger partial charge in [0, 0.05) is 17.7 Å². The highest BCUT2D eigenvalue weighted by molar-refractivity contribution is 14.1. The number of aromatic amines is 1. The molecule has 7 nitrogen and oxygen atoms in total. The number of H-pyrrole nitrogens is 1. The van der Waals surface area contributed by atoms with Crippen LogP contribution in [0.15, 0.2) is 30.3 Å². The molecule has 0 unspecified atom stereocenters. The van der Waals surface area contributed by atoms with E-state index in [0.29, 0.717) is 26.2 Å². The zero-order chi connectivity index (χ0) is 15.9. The number of fused-ring (bicyclic) bond motifs is 1. The molecule has 8 heteroatoms. The number of methoxy groups -OCH3 is 1. The summed E-state index contributed by atoms with van der Waals surface area (Å²) >= 11 is 2.00. The van der Waals surface area contributed by atoms with Crippen molar-refractivity contribution in [2.24, 2.45) is 0 Å². The molecular weight excluding hydrogens is 401 g/mol. The number of non-ortho nitro benzene ring substituents is 1. The highest BCUT2D eigenvalue weighted by Crippen LogP contribution is 2.36. The predicted molar refractivity (Wildman–Crippen MR) is 89.1 cm³/mol. The number of hydrogen-bond donors (Lipinski definition) is 2. The molecular formula is C14H10IN3O4. The molecule has 22 heavy (non-hydrogen) atoms. The lowest BCUT2D eigenvalue weighted by Gasteiger charge is -2.07. The fourth-order valence-corrected chi connectivity index (χ4v) is 2.72. The first-order valence-electron chi connectivity index (χ1n) is 6.20. The number of halogens is 1. The number of ether oxygens (including phenoxy) is 1. The van der Waals surface area contributed by atoms with Gasteiger partial charge in [-0.3, -0.25) is 10.1 Å². The van der Waals surface area contributed by atoms with Crippen LogP contribution < -0.4 is 4.74 Å². The van der Waals surface area contributed by atoms with Gasteiger partial charge in [0.25, 0.3) is 5.69 Å². The van der Waals surface area contributed by atoms with E-state index in [4.69, 9.17) is 4.74 Å². The Morgan fingerprint density at radius 3 is 2.82 bits per heavy atom. The van der Waals surface area contributed by atoms with Gasteiger partial charge < -0.3 is 14.8 Å². The van der Waals surface area contributed by atoms with Gasteiger partial charge in [-0.25, -0.2) is 4.98 Å². The van der Waals surface area contributed by atoms with Crippen molar-refractivity contribution in [1.29, 1.82) is 0 Å². The van der Waals surface area contributed by atoms with Gasteiger partial charge in [0.05, 0.1) is 26.6 Å². The van der Waals surface area contributed by atoms with Gasteiger partial charge in [-0.1, -0.05) is 0 Å². The van der Waals surface area contributed by atoms with Gasteiger partial charge in [-0.2, -0.15) is 0 Å². The van der Waals surface area contributed by atoms with Gasteiger partial charge >= 0.3 is 0 Å². The standard InChI is InChI=1S/C14H10IN3O4/c1-22-12-5-7(4-9(15)13(12)19)14-16-10-3-2-8(18(20)21)6-11(10)17-14/h2-6,19H,1H3,(H,16,17). The number of aromatic hydroxyl groups is 1. The molecule has 0 aliphatic heterocycles. The summed E-state index contributed by atoms with van der Waals surface area (Å²) in [5.41, 5.74) is 1.92. The molecule has 0 atom stereocenters. The van der Waals surface area contributed by atoms with Crippen molar-refractivity contribution >= 4 is 39.3 Å². The Kier molecular flexibility index (Phi) is 3.61. The Balaban J connectivity index is 2.14. The van der Waals surface area contributed by atoms with Crippen molar-refractivity contribution in [2.45, 2.75) is 0 Å². The largest absolute Gasteiger partial charge is 0.504 e. The lowest BCUT2D eigenvalue weighted by molar-refractivity contribution is -0.384. The lowest BCUT2D eigenvalue weighted by atomic mass is 10.2. The van der Waals surface area contributed by atoms with Crippen molar-refractivity contribution in [3.63, 3.8) is 0 Å². The van der Waals surface area contributed by atoms with Gasteiger partial charge in [0.2, 0.25) is 0 Å². The van der Waals surface area contributed by atoms with Crippen LogP contribution >= 0.6 is 22.6 Å². The van der Waals surface area contributed by atoms with E-state index < -0.39 is 4.92 Å². The minimum Gasteiger partial charge on any atom is -0.504 e. The fraction of sp³-hybridized carbons (Fsp3) is 0.0714. The summed E-state index contributed by atoms with van der Waals surface area (Å²) in [6, 6.07) is 7.85. The number of nitrogens with one attached hydrogen (secondary N) is 1. The molecule has 0 fully saturated rings. The molecule has 1 aromatic heterocycles. The maximum Gasteiger partial charge on any atom is 0.271 e. The van der Waals surface area contributed by atoms with Crippen LogP contribution in [0.2, 0.25) is 0 Å². The van der Waals surface area contributed by atoms with E-state index in [9.17, 15) is 15.2 Å². The first-order valence-corrected chi connectivity index (χ1v) is 7.28. The molecule has 2 N–H and O–H groups in total. The number of hydrogen-bond acceptors (Lipinski definition) is 5. The molecule has 0 saturated heterocycles. The number of nitrogens with zero attached hydrogens (tertiary/aromatic N) is 2. The van der Waals surface area contributed by atoms with Crippen LogP contribution in [-0.2, 0) is 0 Å². The molecule has 112 valence electrons. The van der Waals surface area contributed by atoms with E-state index >= 15 is 0 Å². The third-order valence-electron chi connectivity index (χ3n) is 3.20. The summed E-state index contributed by atoms with van der Waals surface area (Å²) in [6.45, 7) is 0. The summed E-state index contributed by atoms with van der Waals surface area (Å²) in [6.07, 6.45) is 0. The summed E-state index contributed by atoms with van der Waals surface area (Å²) in [4.78, 5) is 17.8. The monoisotopic (exact) mass is 411 g/mol. The molecule has 0 aliphatic rings. The smallest absolute Gasteiger partial charge is 0.271 e. The molecule has 0 amide bonds. The number of rotatable bonds is 3. The number of phenols is 1. The molecule has 0 bridgehead atoms. The number of phenolic OH excluding ortho intramolecular Hbond substituents is 1. The Morgan fingerprint density at radius 1 is 1.36 bits per heavy atom. The average Bonchev–Trinajstić information content (AvgIpc) is 2.92. The second-order valence-electron chi connectivity index (χ2n) is 4.55. The quantitative estimate of drug-likeness (QED) is 0.391. The van der Waals surface area contributed by atoms with Crippen LogP contribution in [0.1, 0.15) is 0 Å². The maximum atomic E-state index is 10.8. The van der Waals surface area contributed by atoms with Crippen LogP contribution in [0.25, 0.3) is 22.4 Å². The minimum atomic E-state index is -0.452. The van der Waals surface area contributed by atoms with Crippen molar-refractivity contribution in [3.05, 3.63) is 44.0 Å². The van der Waals surface area contributed by atoms with Gasteiger partial charge in [0.1, 0.15) is 5.82 Å². The molecule has 0 aliphatic carbocycles. The molecule has 0 spiro atoms. The second-order valence-corrected chi connectivity index (χ2v) is 5.72. The Labute approximate surface area is 138 Å². The van der Waals surface area contributed by atoms with Crippen LogP contribution in [0.3, 0.4) is 0 Å². The van der Waals surface area contributed by atoms with E-state index in [1.165, 1.54) is 19.2 Å². The number of nitro groups is 1. The zero-order valence-corrected chi connectivity index (χ0v) is 13.5. The predicted octanol–water partition coefficient (Wildman–Crippen LogP) is 3.46. The van der Waals surface area contributed by atoms with E-state index in [0.717, 1.165) is 5.56 Å². The topological polar surface area (TPSA) is 101 Å². The van der Waals surface area contributed by atoms with Gasteiger partial charge in [-0.15, -0.1) is 0 Å². The van der Waals surface area contributed by atoms with E-state index in [2.05, 4.69) is 9.97 Å². The number of benzene rings is 2. The first-order chi connectivity index (χ1) is 10.5. The van der Waals surface area contributed by atoms with Crippen molar-refractivity contribution in [3.8, 4) is 22.9 Å². The van der Waals surface area contributed by atoms with E-state index in [1.807, 2.05) is 22.6 Å². The fourth-order valence-electron chi connectivity index (χ4n) is 2.11. The van der Waals surface area contributed by atoms with Crippen LogP contribution in [0, 0.1) is 13.7 Å². The van der Waals surface area contributed by atoms with Gasteiger partial charge in [0.15, 0.2) is 11.5 Å². The number of aromatic nitrogens is 2. The van der Waals surface area contributed by atoms with E-state index in [1.54, 1.807) is 18.2 Å². The summed E-state index contributed by atoms with van der Waals surface area (Å²) in [5, 5.41) is 20.7. The highest BCUT2D eigenvalue weighted by Gasteiger charge is 2.14. The third kappa shape index (κ3) is 2.45. The molecule has 2 aromatic carbocycles. The summed E-state index contributed by atoms with van der Waals surface area (Å²) < 4.78 is 5.75. The van der Waals surface area contributed by atoms with Crippen LogP contribution in [0.5, 0.6) is 11.5 Å². The number of nitro benzene ring substituents is 1. The SMILES string of the molecule is COc1cc(-c2nc3ccc([N+](=O)[O-])cc3[nH]2)cc(I)c1O. The van der Waals surface area contributed by atoms with Crippen LogP contribution in [0.4, 0.5) is 5.69 Å².